The van der Waals surface area contributed by atoms with E-state index in [1.165, 1.54) is 83.5 Å². The topological polar surface area (TPSA) is 29.5 Å². The fourth-order valence-electron chi connectivity index (χ4n) is 2.94. The Morgan fingerprint density at radius 2 is 0.778 bits per heavy atom. The van der Waals surface area contributed by atoms with E-state index in [1.807, 2.05) is 0 Å². The van der Waals surface area contributed by atoms with E-state index in [4.69, 9.17) is 5.26 Å². The van der Waals surface area contributed by atoms with Crippen molar-refractivity contribution in [3.8, 4) is 0 Å². The first-order chi connectivity index (χ1) is 8.93. The highest BCUT2D eigenvalue weighted by Crippen LogP contribution is 2.17. The van der Waals surface area contributed by atoms with Crippen LogP contribution in [0.5, 0.6) is 0 Å². The van der Waals surface area contributed by atoms with E-state index in [1.54, 1.807) is 0 Å². The molecule has 2 nitrogen and oxygen atoms in total. The molecule has 1 N–H and O–H groups in total. The summed E-state index contributed by atoms with van der Waals surface area (Å²) >= 11 is 0. The van der Waals surface area contributed by atoms with E-state index in [0.717, 1.165) is 12.8 Å². The van der Waals surface area contributed by atoms with Crippen LogP contribution in [0, 0.1) is 0 Å². The first-order valence-electron chi connectivity index (χ1n) is 8.23. The Labute approximate surface area is 113 Å². The largest absolute Gasteiger partial charge is 0.252 e. The zero-order chi connectivity index (χ0) is 12.9. The summed E-state index contributed by atoms with van der Waals surface area (Å²) < 4.78 is 0. The fraction of sp³-hybridized carbons (Fsp3) is 1.00. The molecule has 18 heavy (non-hydrogen) atoms. The van der Waals surface area contributed by atoms with Crippen molar-refractivity contribution in [2.45, 2.75) is 102 Å². The predicted molar refractivity (Wildman–Crippen MR) is 76.8 cm³/mol. The minimum atomic E-state index is 0.0953. The van der Waals surface area contributed by atoms with Gasteiger partial charge in [0.05, 0.1) is 6.10 Å². The molecule has 1 aliphatic carbocycles. The molecule has 0 aromatic rings. The van der Waals surface area contributed by atoms with Crippen molar-refractivity contribution >= 4 is 0 Å². The van der Waals surface area contributed by atoms with E-state index in [2.05, 4.69) is 4.89 Å². The molecule has 0 saturated heterocycles. The summed E-state index contributed by atoms with van der Waals surface area (Å²) in [5, 5.41) is 8.88. The maximum atomic E-state index is 8.88. The average Bonchev–Trinajstić information content (AvgIpc) is 2.39. The van der Waals surface area contributed by atoms with Crippen LogP contribution >= 0.6 is 0 Å². The Hall–Kier alpha value is -0.0800. The summed E-state index contributed by atoms with van der Waals surface area (Å²) in [4.78, 5) is 4.60. The molecule has 0 heterocycles. The average molecular weight is 256 g/mol. The molecule has 1 saturated carbocycles. The van der Waals surface area contributed by atoms with Gasteiger partial charge in [-0.2, -0.15) is 0 Å². The lowest BCUT2D eigenvalue weighted by atomic mass is 10.00. The van der Waals surface area contributed by atoms with Gasteiger partial charge in [-0.25, -0.2) is 4.89 Å². The molecular formula is C16H32O2. The van der Waals surface area contributed by atoms with Crippen LogP contribution in [0.25, 0.3) is 0 Å². The van der Waals surface area contributed by atoms with Gasteiger partial charge >= 0.3 is 0 Å². The summed E-state index contributed by atoms with van der Waals surface area (Å²) in [7, 11) is 0. The van der Waals surface area contributed by atoms with E-state index in [-0.39, 0.29) is 6.10 Å². The standard InChI is InChI=1S/C16H32O2/c17-18-16-14-12-10-8-6-4-2-1-3-5-7-9-11-13-15-16/h16-17H,1-15H2. The van der Waals surface area contributed by atoms with Gasteiger partial charge in [-0.15, -0.1) is 0 Å². The highest BCUT2D eigenvalue weighted by molar-refractivity contribution is 4.59. The van der Waals surface area contributed by atoms with Gasteiger partial charge in [-0.3, -0.25) is 5.26 Å². The quantitative estimate of drug-likeness (QED) is 0.481. The Balaban J connectivity index is 2.15. The van der Waals surface area contributed by atoms with Gasteiger partial charge < -0.3 is 0 Å². The van der Waals surface area contributed by atoms with Gasteiger partial charge in [0, 0.05) is 0 Å². The SMILES string of the molecule is OOC1CCCCCCCCCCCCCCC1. The molecule has 1 fully saturated rings. The summed E-state index contributed by atoms with van der Waals surface area (Å²) in [6.45, 7) is 0. The number of hydrogen-bond acceptors (Lipinski definition) is 2. The third-order valence-electron chi connectivity index (χ3n) is 4.20. The third-order valence-corrected chi connectivity index (χ3v) is 4.20. The Kier molecular flexibility index (Phi) is 10.6. The van der Waals surface area contributed by atoms with Gasteiger partial charge in [-0.05, 0) is 12.8 Å². The molecule has 0 radical (unpaired) electrons. The van der Waals surface area contributed by atoms with E-state index in [9.17, 15) is 0 Å². The van der Waals surface area contributed by atoms with Gasteiger partial charge in [0.1, 0.15) is 0 Å². The molecule has 2 heteroatoms. The van der Waals surface area contributed by atoms with Crippen LogP contribution in [0.1, 0.15) is 96.3 Å². The Morgan fingerprint density at radius 1 is 0.500 bits per heavy atom. The zero-order valence-corrected chi connectivity index (χ0v) is 12.0. The minimum absolute atomic E-state index is 0.0953. The lowest BCUT2D eigenvalue weighted by Gasteiger charge is -2.13. The van der Waals surface area contributed by atoms with Crippen LogP contribution in [0.15, 0.2) is 0 Å². The van der Waals surface area contributed by atoms with Crippen LogP contribution in [-0.4, -0.2) is 11.4 Å². The predicted octanol–water partition coefficient (Wildman–Crippen LogP) is 5.71. The van der Waals surface area contributed by atoms with Crippen molar-refractivity contribution < 1.29 is 10.1 Å². The normalized spacial score (nSPS) is 23.8. The summed E-state index contributed by atoms with van der Waals surface area (Å²) in [6, 6.07) is 0. The Morgan fingerprint density at radius 3 is 1.06 bits per heavy atom. The van der Waals surface area contributed by atoms with Crippen LogP contribution in [0.2, 0.25) is 0 Å². The van der Waals surface area contributed by atoms with Crippen molar-refractivity contribution in [2.75, 3.05) is 0 Å². The molecule has 108 valence electrons. The van der Waals surface area contributed by atoms with Crippen molar-refractivity contribution in [1.82, 2.24) is 0 Å². The molecule has 1 rings (SSSR count). The zero-order valence-electron chi connectivity index (χ0n) is 12.0. The van der Waals surface area contributed by atoms with Crippen LogP contribution in [-0.2, 0) is 4.89 Å². The van der Waals surface area contributed by atoms with Gasteiger partial charge in [0.15, 0.2) is 0 Å². The number of rotatable bonds is 1. The maximum absolute atomic E-state index is 8.88. The highest BCUT2D eigenvalue weighted by atomic mass is 17.1. The van der Waals surface area contributed by atoms with Crippen LogP contribution in [0.4, 0.5) is 0 Å². The fourth-order valence-corrected chi connectivity index (χ4v) is 2.94. The second-order valence-corrected chi connectivity index (χ2v) is 5.90. The van der Waals surface area contributed by atoms with Crippen molar-refractivity contribution in [1.29, 1.82) is 0 Å². The van der Waals surface area contributed by atoms with Crippen LogP contribution in [0.3, 0.4) is 0 Å². The highest BCUT2D eigenvalue weighted by Gasteiger charge is 2.08. The smallest absolute Gasteiger partial charge is 0.0927 e. The monoisotopic (exact) mass is 256 g/mol. The van der Waals surface area contributed by atoms with Gasteiger partial charge in [0.2, 0.25) is 0 Å². The summed E-state index contributed by atoms with van der Waals surface area (Å²) in [5.41, 5.74) is 0. The molecule has 0 aliphatic heterocycles. The van der Waals surface area contributed by atoms with Gasteiger partial charge in [-0.1, -0.05) is 83.5 Å². The molecule has 0 aromatic heterocycles. The second kappa shape index (κ2) is 12.0. The first-order valence-corrected chi connectivity index (χ1v) is 8.23. The minimum Gasteiger partial charge on any atom is -0.252 e. The molecule has 0 atom stereocenters. The lowest BCUT2D eigenvalue weighted by Crippen LogP contribution is -2.10. The molecular weight excluding hydrogens is 224 g/mol. The Bertz CT molecular complexity index is 154. The molecule has 0 unspecified atom stereocenters. The molecule has 0 aromatic carbocycles. The maximum Gasteiger partial charge on any atom is 0.0927 e. The van der Waals surface area contributed by atoms with Crippen molar-refractivity contribution in [3.63, 3.8) is 0 Å². The first kappa shape index (κ1) is 16.0. The lowest BCUT2D eigenvalue weighted by molar-refractivity contribution is -0.281. The number of hydrogen-bond donors (Lipinski definition) is 1. The second-order valence-electron chi connectivity index (χ2n) is 5.90. The molecule has 1 aliphatic rings. The molecule has 0 bridgehead atoms. The van der Waals surface area contributed by atoms with Gasteiger partial charge in [0.25, 0.3) is 0 Å². The van der Waals surface area contributed by atoms with Crippen molar-refractivity contribution in [3.05, 3.63) is 0 Å². The molecule has 0 spiro atoms. The van der Waals surface area contributed by atoms with E-state index in [0.29, 0.717) is 0 Å². The summed E-state index contributed by atoms with van der Waals surface area (Å²) in [5.74, 6) is 0. The van der Waals surface area contributed by atoms with Crippen molar-refractivity contribution in [2.24, 2.45) is 0 Å². The molecule has 0 amide bonds. The summed E-state index contributed by atoms with van der Waals surface area (Å²) in [6.07, 6.45) is 19.9. The third kappa shape index (κ3) is 8.93. The van der Waals surface area contributed by atoms with Crippen LogP contribution < -0.4 is 0 Å². The van der Waals surface area contributed by atoms with E-state index < -0.39 is 0 Å². The van der Waals surface area contributed by atoms with E-state index >= 15 is 0 Å².